The van der Waals surface area contributed by atoms with E-state index in [1.807, 2.05) is 12.1 Å². The molecule has 3 nitrogen and oxygen atoms in total. The van der Waals surface area contributed by atoms with E-state index < -0.39 is 0 Å². The summed E-state index contributed by atoms with van der Waals surface area (Å²) < 4.78 is 10.8. The van der Waals surface area contributed by atoms with E-state index in [1.165, 1.54) is 5.56 Å². The van der Waals surface area contributed by atoms with Gasteiger partial charge in [-0.25, -0.2) is 0 Å². The first kappa shape index (κ1) is 15.0. The minimum Gasteiger partial charge on any atom is -0.492 e. The molecule has 0 aromatic heterocycles. The largest absolute Gasteiger partial charge is 0.492 e. The highest BCUT2D eigenvalue weighted by Crippen LogP contribution is 2.11. The Balaban J connectivity index is 2.20. The highest BCUT2D eigenvalue weighted by molar-refractivity contribution is 5.26. The third-order valence-corrected chi connectivity index (χ3v) is 2.79. The molecule has 2 unspecified atom stereocenters. The van der Waals surface area contributed by atoms with Crippen molar-refractivity contribution < 1.29 is 9.47 Å². The second kappa shape index (κ2) is 8.11. The third-order valence-electron chi connectivity index (χ3n) is 2.79. The molecule has 18 heavy (non-hydrogen) atoms. The molecule has 1 aromatic rings. The number of nitrogens with one attached hydrogen (secondary N) is 1. The van der Waals surface area contributed by atoms with Gasteiger partial charge in [0.1, 0.15) is 12.4 Å². The van der Waals surface area contributed by atoms with Crippen LogP contribution in [0.3, 0.4) is 0 Å². The summed E-state index contributed by atoms with van der Waals surface area (Å²) in [5.41, 5.74) is 1.25. The zero-order valence-electron chi connectivity index (χ0n) is 11.9. The lowest BCUT2D eigenvalue weighted by atomic mass is 10.2. The minimum atomic E-state index is 0.339. The predicted molar refractivity (Wildman–Crippen MR) is 75.2 cm³/mol. The van der Waals surface area contributed by atoms with Crippen LogP contribution in [-0.2, 0) is 4.74 Å². The molecule has 1 aromatic carbocycles. The second-order valence-corrected chi connectivity index (χ2v) is 4.99. The van der Waals surface area contributed by atoms with Crippen molar-refractivity contribution in [3.63, 3.8) is 0 Å². The molecule has 0 fully saturated rings. The standard InChI is InChI=1S/C15H25NO2/c1-12-5-7-15(8-6-12)18-11-14(3)16-9-13(2)10-17-4/h5-8,13-14,16H,9-11H2,1-4H3. The molecule has 0 aliphatic heterocycles. The van der Waals surface area contributed by atoms with E-state index in [2.05, 4.69) is 38.2 Å². The van der Waals surface area contributed by atoms with Crippen LogP contribution in [0.5, 0.6) is 5.75 Å². The van der Waals surface area contributed by atoms with Crippen molar-refractivity contribution in [3.05, 3.63) is 29.8 Å². The van der Waals surface area contributed by atoms with Crippen LogP contribution in [0.25, 0.3) is 0 Å². The minimum absolute atomic E-state index is 0.339. The Bertz CT molecular complexity index is 324. The van der Waals surface area contributed by atoms with Gasteiger partial charge in [-0.15, -0.1) is 0 Å². The topological polar surface area (TPSA) is 30.5 Å². The van der Waals surface area contributed by atoms with Gasteiger partial charge in [0.05, 0.1) is 0 Å². The van der Waals surface area contributed by atoms with E-state index in [0.29, 0.717) is 18.6 Å². The lowest BCUT2D eigenvalue weighted by molar-refractivity contribution is 0.154. The third kappa shape index (κ3) is 6.03. The van der Waals surface area contributed by atoms with E-state index in [-0.39, 0.29) is 0 Å². The Morgan fingerprint density at radius 2 is 1.78 bits per heavy atom. The van der Waals surface area contributed by atoms with Crippen LogP contribution in [0.2, 0.25) is 0 Å². The maximum atomic E-state index is 5.72. The highest BCUT2D eigenvalue weighted by atomic mass is 16.5. The molecule has 0 spiro atoms. The number of ether oxygens (including phenoxy) is 2. The summed E-state index contributed by atoms with van der Waals surface area (Å²) in [5, 5.41) is 3.44. The lowest BCUT2D eigenvalue weighted by Crippen LogP contribution is -2.35. The van der Waals surface area contributed by atoms with Crippen molar-refractivity contribution in [3.8, 4) is 5.75 Å². The molecule has 0 radical (unpaired) electrons. The number of rotatable bonds is 8. The van der Waals surface area contributed by atoms with Gasteiger partial charge in [-0.05, 0) is 31.9 Å². The molecule has 0 amide bonds. The fraction of sp³-hybridized carbons (Fsp3) is 0.600. The smallest absolute Gasteiger partial charge is 0.119 e. The summed E-state index contributed by atoms with van der Waals surface area (Å²) in [7, 11) is 1.74. The number of aryl methyl sites for hydroxylation is 1. The zero-order chi connectivity index (χ0) is 13.4. The van der Waals surface area contributed by atoms with Crippen LogP contribution < -0.4 is 10.1 Å². The van der Waals surface area contributed by atoms with Gasteiger partial charge in [0.25, 0.3) is 0 Å². The molecular formula is C15H25NO2. The van der Waals surface area contributed by atoms with Gasteiger partial charge in [0, 0.05) is 26.3 Å². The van der Waals surface area contributed by atoms with Crippen molar-refractivity contribution >= 4 is 0 Å². The normalized spacial score (nSPS) is 14.2. The summed E-state index contributed by atoms with van der Waals surface area (Å²) in [6.07, 6.45) is 0. The van der Waals surface area contributed by atoms with E-state index in [1.54, 1.807) is 7.11 Å². The van der Waals surface area contributed by atoms with Crippen molar-refractivity contribution in [2.45, 2.75) is 26.8 Å². The van der Waals surface area contributed by atoms with Crippen LogP contribution in [-0.4, -0.2) is 32.9 Å². The number of benzene rings is 1. The average Bonchev–Trinajstić information content (AvgIpc) is 2.36. The molecule has 2 atom stereocenters. The quantitative estimate of drug-likeness (QED) is 0.770. The molecule has 1 rings (SSSR count). The molecule has 1 N–H and O–H groups in total. The fourth-order valence-electron chi connectivity index (χ4n) is 1.66. The van der Waals surface area contributed by atoms with Gasteiger partial charge in [0.2, 0.25) is 0 Å². The molecule has 0 saturated heterocycles. The first-order chi connectivity index (χ1) is 8.61. The van der Waals surface area contributed by atoms with Gasteiger partial charge in [-0.2, -0.15) is 0 Å². The van der Waals surface area contributed by atoms with Gasteiger partial charge in [-0.3, -0.25) is 0 Å². The summed E-state index contributed by atoms with van der Waals surface area (Å²) >= 11 is 0. The molecule has 102 valence electrons. The number of hydrogen-bond acceptors (Lipinski definition) is 3. The van der Waals surface area contributed by atoms with Crippen LogP contribution in [0.4, 0.5) is 0 Å². The molecule has 0 heterocycles. The number of methoxy groups -OCH3 is 1. The van der Waals surface area contributed by atoms with Gasteiger partial charge in [0.15, 0.2) is 0 Å². The lowest BCUT2D eigenvalue weighted by Gasteiger charge is -2.18. The Morgan fingerprint density at radius 3 is 2.39 bits per heavy atom. The van der Waals surface area contributed by atoms with E-state index >= 15 is 0 Å². The zero-order valence-corrected chi connectivity index (χ0v) is 11.9. The SMILES string of the molecule is COCC(C)CNC(C)COc1ccc(C)cc1. The highest BCUT2D eigenvalue weighted by Gasteiger charge is 2.06. The van der Waals surface area contributed by atoms with Crippen molar-refractivity contribution in [2.24, 2.45) is 5.92 Å². The summed E-state index contributed by atoms with van der Waals surface area (Å²) in [4.78, 5) is 0. The Kier molecular flexibility index (Phi) is 6.76. The maximum Gasteiger partial charge on any atom is 0.119 e. The Labute approximate surface area is 110 Å². The van der Waals surface area contributed by atoms with Crippen LogP contribution in [0.1, 0.15) is 19.4 Å². The van der Waals surface area contributed by atoms with E-state index in [4.69, 9.17) is 9.47 Å². The monoisotopic (exact) mass is 251 g/mol. The van der Waals surface area contributed by atoms with Crippen LogP contribution in [0, 0.1) is 12.8 Å². The second-order valence-electron chi connectivity index (χ2n) is 4.99. The van der Waals surface area contributed by atoms with Crippen molar-refractivity contribution in [1.82, 2.24) is 5.32 Å². The van der Waals surface area contributed by atoms with Gasteiger partial charge in [-0.1, -0.05) is 24.6 Å². The number of hydrogen-bond donors (Lipinski definition) is 1. The first-order valence-electron chi connectivity index (χ1n) is 6.53. The summed E-state index contributed by atoms with van der Waals surface area (Å²) in [5.74, 6) is 1.45. The summed E-state index contributed by atoms with van der Waals surface area (Å²) in [6.45, 7) is 8.80. The Morgan fingerprint density at radius 1 is 1.11 bits per heavy atom. The molecular weight excluding hydrogens is 226 g/mol. The summed E-state index contributed by atoms with van der Waals surface area (Å²) in [6, 6.07) is 8.48. The average molecular weight is 251 g/mol. The van der Waals surface area contributed by atoms with Crippen molar-refractivity contribution in [2.75, 3.05) is 26.9 Å². The van der Waals surface area contributed by atoms with E-state index in [9.17, 15) is 0 Å². The molecule has 0 saturated carbocycles. The maximum absolute atomic E-state index is 5.72. The van der Waals surface area contributed by atoms with Gasteiger partial charge < -0.3 is 14.8 Å². The molecule has 0 aliphatic carbocycles. The fourth-order valence-corrected chi connectivity index (χ4v) is 1.66. The Hall–Kier alpha value is -1.06. The first-order valence-corrected chi connectivity index (χ1v) is 6.53. The molecule has 0 aliphatic rings. The molecule has 3 heteroatoms. The van der Waals surface area contributed by atoms with Gasteiger partial charge >= 0.3 is 0 Å². The molecule has 0 bridgehead atoms. The van der Waals surface area contributed by atoms with Crippen LogP contribution in [0.15, 0.2) is 24.3 Å². The van der Waals surface area contributed by atoms with Crippen LogP contribution >= 0.6 is 0 Å². The van der Waals surface area contributed by atoms with Crippen molar-refractivity contribution in [1.29, 1.82) is 0 Å². The predicted octanol–water partition coefficient (Wildman–Crippen LogP) is 2.63. The van der Waals surface area contributed by atoms with E-state index in [0.717, 1.165) is 18.9 Å².